The lowest BCUT2D eigenvalue weighted by Crippen LogP contribution is -2.45. The Hall–Kier alpha value is -3.16. The van der Waals surface area contributed by atoms with Gasteiger partial charge in [0.05, 0.1) is 0 Å². The molecule has 8 heteroatoms. The third kappa shape index (κ3) is 4.03. The highest BCUT2D eigenvalue weighted by Gasteiger charge is 2.25. The molecule has 0 radical (unpaired) electrons. The van der Waals surface area contributed by atoms with Gasteiger partial charge in [0.15, 0.2) is 5.76 Å². The van der Waals surface area contributed by atoms with Crippen LogP contribution in [0.3, 0.4) is 0 Å². The summed E-state index contributed by atoms with van der Waals surface area (Å²) in [5.41, 5.74) is 6.46. The number of carbonyl (C=O) groups is 4. The fourth-order valence-electron chi connectivity index (χ4n) is 2.43. The largest absolute Gasteiger partial charge is 0.451 e. The van der Waals surface area contributed by atoms with Gasteiger partial charge in [0, 0.05) is 24.4 Å². The third-order valence-corrected chi connectivity index (χ3v) is 3.84. The molecule has 0 bridgehead atoms. The number of likely N-dealkylation sites (N-methyl/N-ethyl adjacent to an activating group) is 1. The number of benzene rings is 1. The Kier molecular flexibility index (Phi) is 5.53. The molecule has 0 aliphatic heterocycles. The third-order valence-electron chi connectivity index (χ3n) is 3.84. The van der Waals surface area contributed by atoms with E-state index in [4.69, 9.17) is 10.2 Å². The maximum absolute atomic E-state index is 12.4. The van der Waals surface area contributed by atoms with Crippen LogP contribution in [0.15, 0.2) is 28.7 Å². The lowest BCUT2D eigenvalue weighted by molar-refractivity contribution is -0.137. The zero-order chi connectivity index (χ0) is 18.6. The van der Waals surface area contributed by atoms with E-state index in [2.05, 4.69) is 10.6 Å². The van der Waals surface area contributed by atoms with Crippen LogP contribution in [0.1, 0.15) is 29.0 Å². The summed E-state index contributed by atoms with van der Waals surface area (Å²) in [7, 11) is 1.33. The molecule has 0 aliphatic carbocycles. The summed E-state index contributed by atoms with van der Waals surface area (Å²) >= 11 is 0. The Morgan fingerprint density at radius 3 is 2.48 bits per heavy atom. The van der Waals surface area contributed by atoms with Crippen molar-refractivity contribution >= 4 is 34.5 Å². The highest BCUT2D eigenvalue weighted by Crippen LogP contribution is 2.24. The van der Waals surface area contributed by atoms with E-state index in [0.717, 1.165) is 5.39 Å². The van der Waals surface area contributed by atoms with Gasteiger partial charge in [-0.2, -0.15) is 0 Å². The summed E-state index contributed by atoms with van der Waals surface area (Å²) in [6.45, 7) is 1.73. The van der Waals surface area contributed by atoms with Crippen LogP contribution in [-0.2, 0) is 14.4 Å². The van der Waals surface area contributed by atoms with Gasteiger partial charge in [-0.1, -0.05) is 18.2 Å². The van der Waals surface area contributed by atoms with Gasteiger partial charge >= 0.3 is 0 Å². The summed E-state index contributed by atoms with van der Waals surface area (Å²) in [5, 5.41) is 5.45. The summed E-state index contributed by atoms with van der Waals surface area (Å²) in [4.78, 5) is 46.7. The van der Waals surface area contributed by atoms with Gasteiger partial charge in [-0.05, 0) is 19.4 Å². The highest BCUT2D eigenvalue weighted by atomic mass is 16.3. The molecule has 0 fully saturated rings. The number of carbonyl (C=O) groups excluding carboxylic acids is 4. The minimum absolute atomic E-state index is 0.0741. The predicted octanol–water partition coefficient (Wildman–Crippen LogP) is 0.420. The van der Waals surface area contributed by atoms with Crippen LogP contribution < -0.4 is 16.4 Å². The summed E-state index contributed by atoms with van der Waals surface area (Å²) in [6, 6.07) is 6.06. The molecule has 0 spiro atoms. The summed E-state index contributed by atoms with van der Waals surface area (Å²) in [6.07, 6.45) is -0.292. The number of aryl methyl sites for hydroxylation is 1. The number of hydrogen-bond donors (Lipinski definition) is 3. The molecule has 0 aliphatic rings. The number of nitrogens with one attached hydrogen (secondary N) is 2. The van der Waals surface area contributed by atoms with Crippen LogP contribution in [0.2, 0.25) is 0 Å². The maximum Gasteiger partial charge on any atom is 0.287 e. The SMILES string of the molecule is CNC(=O)C(=O)CCC(NC(=O)c1oc2ccccc2c1C)C(N)=O. The lowest BCUT2D eigenvalue weighted by Gasteiger charge is -2.14. The molecule has 0 saturated heterocycles. The zero-order valence-electron chi connectivity index (χ0n) is 13.9. The van der Waals surface area contributed by atoms with Gasteiger partial charge < -0.3 is 20.8 Å². The number of Topliss-reactive ketones (excluding diaryl/α,β-unsaturated/α-hetero) is 1. The van der Waals surface area contributed by atoms with Crippen LogP contribution in [0, 0.1) is 6.92 Å². The second-order valence-corrected chi connectivity index (χ2v) is 5.52. The Bertz CT molecular complexity index is 840. The van der Waals surface area contributed by atoms with E-state index in [-0.39, 0.29) is 18.6 Å². The lowest BCUT2D eigenvalue weighted by atomic mass is 10.1. The fraction of sp³-hybridized carbons (Fsp3) is 0.294. The first-order valence-electron chi connectivity index (χ1n) is 7.68. The molecule has 1 heterocycles. The van der Waals surface area contributed by atoms with Gasteiger partial charge in [-0.25, -0.2) is 0 Å². The number of fused-ring (bicyclic) bond motifs is 1. The smallest absolute Gasteiger partial charge is 0.287 e. The van der Waals surface area contributed by atoms with E-state index >= 15 is 0 Å². The number of ketones is 1. The average molecular weight is 345 g/mol. The molecule has 2 aromatic rings. The molecule has 0 saturated carbocycles. The number of rotatable bonds is 7. The molecule has 8 nitrogen and oxygen atoms in total. The van der Waals surface area contributed by atoms with Crippen LogP contribution in [0.4, 0.5) is 0 Å². The number of primary amides is 1. The molecule has 1 aromatic carbocycles. The van der Waals surface area contributed by atoms with Crippen molar-refractivity contribution in [2.24, 2.45) is 5.73 Å². The highest BCUT2D eigenvalue weighted by molar-refractivity contribution is 6.36. The van der Waals surface area contributed by atoms with Gasteiger partial charge in [0.2, 0.25) is 11.7 Å². The van der Waals surface area contributed by atoms with Crippen molar-refractivity contribution in [2.75, 3.05) is 7.05 Å². The number of nitrogens with two attached hydrogens (primary N) is 1. The number of amides is 3. The molecule has 2 rings (SSSR count). The Labute approximate surface area is 143 Å². The molecule has 4 N–H and O–H groups in total. The van der Waals surface area contributed by atoms with Crippen molar-refractivity contribution in [3.8, 4) is 0 Å². The first-order chi connectivity index (χ1) is 11.8. The molecule has 25 heavy (non-hydrogen) atoms. The van der Waals surface area contributed by atoms with E-state index in [9.17, 15) is 19.2 Å². The van der Waals surface area contributed by atoms with Crippen LogP contribution in [0.25, 0.3) is 11.0 Å². The second kappa shape index (κ2) is 7.61. The molecule has 1 unspecified atom stereocenters. The molecular formula is C17H19N3O5. The van der Waals surface area contributed by atoms with Crippen LogP contribution in [-0.4, -0.2) is 36.6 Å². The molecule has 132 valence electrons. The Morgan fingerprint density at radius 2 is 1.88 bits per heavy atom. The van der Waals surface area contributed by atoms with E-state index < -0.39 is 29.5 Å². The molecule has 1 atom stereocenters. The van der Waals surface area contributed by atoms with Gasteiger partial charge in [-0.3, -0.25) is 19.2 Å². The summed E-state index contributed by atoms with van der Waals surface area (Å²) in [5.74, 6) is -2.78. The van der Waals surface area contributed by atoms with Gasteiger partial charge in [0.25, 0.3) is 11.8 Å². The van der Waals surface area contributed by atoms with Crippen molar-refractivity contribution in [2.45, 2.75) is 25.8 Å². The van der Waals surface area contributed by atoms with Gasteiger partial charge in [0.1, 0.15) is 11.6 Å². The number of para-hydroxylation sites is 1. The van der Waals surface area contributed by atoms with Crippen molar-refractivity contribution in [3.63, 3.8) is 0 Å². The van der Waals surface area contributed by atoms with Crippen molar-refractivity contribution < 1.29 is 23.6 Å². The normalized spacial score (nSPS) is 11.8. The van der Waals surface area contributed by atoms with E-state index in [0.29, 0.717) is 11.1 Å². The Morgan fingerprint density at radius 1 is 1.20 bits per heavy atom. The monoisotopic (exact) mass is 345 g/mol. The van der Waals surface area contributed by atoms with Crippen LogP contribution >= 0.6 is 0 Å². The van der Waals surface area contributed by atoms with Crippen molar-refractivity contribution in [1.29, 1.82) is 0 Å². The fourth-order valence-corrected chi connectivity index (χ4v) is 2.43. The predicted molar refractivity (Wildman–Crippen MR) is 89.7 cm³/mol. The minimum atomic E-state index is -1.09. The second-order valence-electron chi connectivity index (χ2n) is 5.52. The summed E-state index contributed by atoms with van der Waals surface area (Å²) < 4.78 is 5.53. The first kappa shape index (κ1) is 18.2. The van der Waals surface area contributed by atoms with Crippen molar-refractivity contribution in [1.82, 2.24) is 10.6 Å². The van der Waals surface area contributed by atoms with Crippen LogP contribution in [0.5, 0.6) is 0 Å². The Balaban J connectivity index is 2.11. The topological polar surface area (TPSA) is 132 Å². The number of furan rings is 1. The molecular weight excluding hydrogens is 326 g/mol. The van der Waals surface area contributed by atoms with E-state index in [1.165, 1.54) is 7.05 Å². The molecule has 3 amide bonds. The quantitative estimate of drug-likeness (QED) is 0.626. The average Bonchev–Trinajstić information content (AvgIpc) is 2.94. The first-order valence-corrected chi connectivity index (χ1v) is 7.68. The zero-order valence-corrected chi connectivity index (χ0v) is 13.9. The van der Waals surface area contributed by atoms with E-state index in [1.807, 2.05) is 12.1 Å². The maximum atomic E-state index is 12.4. The van der Waals surface area contributed by atoms with E-state index in [1.54, 1.807) is 19.1 Å². The number of hydrogen-bond acceptors (Lipinski definition) is 5. The standard InChI is InChI=1S/C17H19N3O5/c1-9-10-5-3-4-6-13(10)25-14(9)17(24)20-11(15(18)22)7-8-12(21)16(23)19-2/h3-6,11H,7-8H2,1-2H3,(H2,18,22)(H,19,23)(H,20,24). The molecule has 1 aromatic heterocycles. The van der Waals surface area contributed by atoms with Crippen molar-refractivity contribution in [3.05, 3.63) is 35.6 Å². The van der Waals surface area contributed by atoms with Gasteiger partial charge in [-0.15, -0.1) is 0 Å². The minimum Gasteiger partial charge on any atom is -0.451 e.